The van der Waals surface area contributed by atoms with E-state index in [0.29, 0.717) is 10.9 Å². The summed E-state index contributed by atoms with van der Waals surface area (Å²) in [6.07, 6.45) is 3.12. The minimum Gasteiger partial charge on any atom is -0.472 e. The smallest absolute Gasteiger partial charge is 0.218 e. The van der Waals surface area contributed by atoms with Gasteiger partial charge in [-0.2, -0.15) is 0 Å². The summed E-state index contributed by atoms with van der Waals surface area (Å²) in [4.78, 5) is 4.62. The van der Waals surface area contributed by atoms with Crippen molar-refractivity contribution in [3.63, 3.8) is 0 Å². The lowest BCUT2D eigenvalue weighted by Crippen LogP contribution is -2.37. The Morgan fingerprint density at radius 3 is 2.94 bits per heavy atom. The van der Waals surface area contributed by atoms with E-state index in [4.69, 9.17) is 22.1 Å². The van der Waals surface area contributed by atoms with Crippen LogP contribution in [0.25, 0.3) is 0 Å². The Morgan fingerprint density at radius 2 is 2.12 bits per heavy atom. The molecule has 3 atom stereocenters. The number of aliphatic imine (C=N–C) groups is 1. The third kappa shape index (κ3) is 2.05. The van der Waals surface area contributed by atoms with Crippen molar-refractivity contribution in [1.82, 2.24) is 0 Å². The van der Waals surface area contributed by atoms with Crippen molar-refractivity contribution in [3.8, 4) is 0 Å². The topological polar surface area (TPSA) is 47.6 Å². The summed E-state index contributed by atoms with van der Waals surface area (Å²) in [6, 6.07) is 8.12. The molecule has 0 saturated heterocycles. The molecule has 1 saturated carbocycles. The first-order valence-electron chi connectivity index (χ1n) is 5.99. The Balaban J connectivity index is 1.87. The van der Waals surface area contributed by atoms with Crippen LogP contribution in [0.15, 0.2) is 29.3 Å². The zero-order valence-corrected chi connectivity index (χ0v) is 10.2. The molecule has 4 heteroatoms. The summed E-state index contributed by atoms with van der Waals surface area (Å²) in [5, 5.41) is 0.689. The normalized spacial score (nSPS) is 31.6. The van der Waals surface area contributed by atoms with Crippen LogP contribution in [0, 0.1) is 0 Å². The van der Waals surface area contributed by atoms with Gasteiger partial charge in [0.15, 0.2) is 0 Å². The van der Waals surface area contributed by atoms with E-state index in [9.17, 15) is 0 Å². The molecular weight excluding hydrogens is 236 g/mol. The molecule has 3 rings (SSSR count). The van der Waals surface area contributed by atoms with Gasteiger partial charge >= 0.3 is 0 Å². The van der Waals surface area contributed by atoms with Gasteiger partial charge < -0.3 is 10.5 Å². The first-order chi connectivity index (χ1) is 8.24. The SMILES string of the molecule is NC1CCC2OC(c3ccccc3Cl)=NC2C1. The molecule has 0 bridgehead atoms. The minimum atomic E-state index is 0.195. The van der Waals surface area contributed by atoms with Gasteiger partial charge in [-0.25, -0.2) is 4.99 Å². The largest absolute Gasteiger partial charge is 0.472 e. The lowest BCUT2D eigenvalue weighted by Gasteiger charge is -2.26. The second-order valence-electron chi connectivity index (χ2n) is 4.71. The summed E-state index contributed by atoms with van der Waals surface area (Å²) < 4.78 is 5.89. The summed E-state index contributed by atoms with van der Waals surface area (Å²) in [6.45, 7) is 0. The number of benzene rings is 1. The van der Waals surface area contributed by atoms with Crippen molar-refractivity contribution in [1.29, 1.82) is 0 Å². The Kier molecular flexibility index (Phi) is 2.81. The highest BCUT2D eigenvalue weighted by Crippen LogP contribution is 2.31. The van der Waals surface area contributed by atoms with Gasteiger partial charge in [-0.3, -0.25) is 0 Å². The van der Waals surface area contributed by atoms with Crippen LogP contribution in [0.4, 0.5) is 0 Å². The molecule has 1 aromatic carbocycles. The summed E-state index contributed by atoms with van der Waals surface area (Å²) in [5.41, 5.74) is 6.84. The van der Waals surface area contributed by atoms with Gasteiger partial charge in [0.25, 0.3) is 0 Å². The van der Waals surface area contributed by atoms with Crippen molar-refractivity contribution in [3.05, 3.63) is 34.9 Å². The van der Waals surface area contributed by atoms with Crippen molar-refractivity contribution < 1.29 is 4.74 Å². The molecule has 0 radical (unpaired) electrons. The molecule has 0 spiro atoms. The van der Waals surface area contributed by atoms with Gasteiger partial charge in [0.2, 0.25) is 5.90 Å². The van der Waals surface area contributed by atoms with Gasteiger partial charge in [0.05, 0.1) is 16.6 Å². The molecular formula is C13H15ClN2O. The maximum Gasteiger partial charge on any atom is 0.218 e. The number of fused-ring (bicyclic) bond motifs is 1. The van der Waals surface area contributed by atoms with Crippen LogP contribution in [0.1, 0.15) is 24.8 Å². The van der Waals surface area contributed by atoms with Crippen LogP contribution in [0.3, 0.4) is 0 Å². The van der Waals surface area contributed by atoms with Crippen molar-refractivity contribution in [2.24, 2.45) is 10.7 Å². The average molecular weight is 251 g/mol. The number of nitrogens with two attached hydrogens (primary N) is 1. The highest BCUT2D eigenvalue weighted by atomic mass is 35.5. The zero-order valence-electron chi connectivity index (χ0n) is 9.47. The van der Waals surface area contributed by atoms with E-state index in [1.165, 1.54) is 0 Å². The number of ether oxygens (including phenoxy) is 1. The fraction of sp³-hybridized carbons (Fsp3) is 0.462. The molecule has 1 aliphatic heterocycles. The van der Waals surface area contributed by atoms with Gasteiger partial charge in [-0.1, -0.05) is 23.7 Å². The molecule has 1 aromatic rings. The van der Waals surface area contributed by atoms with Crippen LogP contribution in [-0.2, 0) is 4.74 Å². The van der Waals surface area contributed by atoms with Crippen molar-refractivity contribution >= 4 is 17.5 Å². The van der Waals surface area contributed by atoms with E-state index in [2.05, 4.69) is 4.99 Å². The fourth-order valence-corrected chi connectivity index (χ4v) is 2.73. The Labute approximate surface area is 106 Å². The molecule has 1 aliphatic carbocycles. The fourth-order valence-electron chi connectivity index (χ4n) is 2.52. The van der Waals surface area contributed by atoms with E-state index in [1.54, 1.807) is 0 Å². The molecule has 0 aromatic heterocycles. The highest BCUT2D eigenvalue weighted by Gasteiger charge is 2.36. The summed E-state index contributed by atoms with van der Waals surface area (Å²) >= 11 is 6.14. The monoisotopic (exact) mass is 250 g/mol. The standard InChI is InChI=1S/C13H15ClN2O/c14-10-4-2-1-3-9(10)13-16-11-7-8(15)5-6-12(11)17-13/h1-4,8,11-12H,5-7,15H2. The number of halogens is 1. The Bertz CT molecular complexity index is 460. The predicted molar refractivity (Wildman–Crippen MR) is 68.5 cm³/mol. The first-order valence-corrected chi connectivity index (χ1v) is 6.37. The average Bonchev–Trinajstić information content (AvgIpc) is 2.72. The number of nitrogens with zero attached hydrogens (tertiary/aromatic N) is 1. The lowest BCUT2D eigenvalue weighted by atomic mass is 9.90. The van der Waals surface area contributed by atoms with Crippen LogP contribution in [0.2, 0.25) is 5.02 Å². The van der Waals surface area contributed by atoms with E-state index in [1.807, 2.05) is 24.3 Å². The van der Waals surface area contributed by atoms with Gasteiger partial charge in [-0.15, -0.1) is 0 Å². The predicted octanol–water partition coefficient (Wildman–Crippen LogP) is 2.37. The molecule has 0 amide bonds. The van der Waals surface area contributed by atoms with Gasteiger partial charge in [0, 0.05) is 6.04 Å². The highest BCUT2D eigenvalue weighted by molar-refractivity contribution is 6.33. The molecule has 17 heavy (non-hydrogen) atoms. The van der Waals surface area contributed by atoms with Crippen molar-refractivity contribution in [2.75, 3.05) is 0 Å². The molecule has 3 nitrogen and oxygen atoms in total. The van der Waals surface area contributed by atoms with Gasteiger partial charge in [-0.05, 0) is 31.4 Å². The number of hydrogen-bond donors (Lipinski definition) is 1. The first kappa shape index (κ1) is 11.1. The van der Waals surface area contributed by atoms with E-state index < -0.39 is 0 Å². The van der Waals surface area contributed by atoms with E-state index in [-0.39, 0.29) is 18.2 Å². The molecule has 3 unspecified atom stereocenters. The molecule has 1 heterocycles. The van der Waals surface area contributed by atoms with Gasteiger partial charge in [0.1, 0.15) is 6.10 Å². The maximum absolute atomic E-state index is 6.14. The zero-order chi connectivity index (χ0) is 11.8. The third-order valence-electron chi connectivity index (χ3n) is 3.45. The molecule has 2 N–H and O–H groups in total. The Hall–Kier alpha value is -1.06. The lowest BCUT2D eigenvalue weighted by molar-refractivity contribution is 0.145. The van der Waals surface area contributed by atoms with E-state index in [0.717, 1.165) is 24.8 Å². The molecule has 1 fully saturated rings. The second kappa shape index (κ2) is 4.31. The third-order valence-corrected chi connectivity index (χ3v) is 3.78. The quantitative estimate of drug-likeness (QED) is 0.832. The molecule has 90 valence electrons. The van der Waals surface area contributed by atoms with Crippen LogP contribution in [0.5, 0.6) is 0 Å². The Morgan fingerprint density at radius 1 is 1.29 bits per heavy atom. The number of rotatable bonds is 1. The van der Waals surface area contributed by atoms with Crippen LogP contribution < -0.4 is 5.73 Å². The second-order valence-corrected chi connectivity index (χ2v) is 5.12. The van der Waals surface area contributed by atoms with Crippen LogP contribution >= 0.6 is 11.6 Å². The molecule has 2 aliphatic rings. The van der Waals surface area contributed by atoms with Crippen molar-refractivity contribution in [2.45, 2.75) is 37.5 Å². The maximum atomic E-state index is 6.14. The summed E-state index contributed by atoms with van der Waals surface area (Å²) in [5.74, 6) is 0.680. The summed E-state index contributed by atoms with van der Waals surface area (Å²) in [7, 11) is 0. The number of hydrogen-bond acceptors (Lipinski definition) is 3. The minimum absolute atomic E-state index is 0.195. The van der Waals surface area contributed by atoms with Crippen LogP contribution in [-0.4, -0.2) is 24.1 Å². The van der Waals surface area contributed by atoms with E-state index >= 15 is 0 Å².